The highest BCUT2D eigenvalue weighted by Crippen LogP contribution is 2.34. The largest absolute Gasteiger partial charge is 0.481 e. The summed E-state index contributed by atoms with van der Waals surface area (Å²) in [5.41, 5.74) is 5.33. The number of rotatable bonds is 4. The van der Waals surface area contributed by atoms with Crippen LogP contribution in [-0.4, -0.2) is 46.0 Å². The Balaban J connectivity index is 1.70. The summed E-state index contributed by atoms with van der Waals surface area (Å²) in [5.74, 6) is 0.562. The molecule has 0 unspecified atom stereocenters. The molecule has 1 fully saturated rings. The first kappa shape index (κ1) is 18.1. The topological polar surface area (TPSA) is 85.2 Å². The molecule has 1 saturated heterocycles. The van der Waals surface area contributed by atoms with E-state index in [2.05, 4.69) is 15.4 Å². The van der Waals surface area contributed by atoms with Gasteiger partial charge in [-0.05, 0) is 29.8 Å². The van der Waals surface area contributed by atoms with Crippen molar-refractivity contribution >= 4 is 22.6 Å². The monoisotopic (exact) mass is 400 g/mol. The first-order valence-corrected chi connectivity index (χ1v) is 9.62. The van der Waals surface area contributed by atoms with Gasteiger partial charge in [0.25, 0.3) is 0 Å². The molecule has 8 heteroatoms. The van der Waals surface area contributed by atoms with E-state index in [0.717, 1.165) is 39.0 Å². The van der Waals surface area contributed by atoms with Crippen molar-refractivity contribution in [2.45, 2.75) is 0 Å². The summed E-state index contributed by atoms with van der Waals surface area (Å²) >= 11 is 0. The minimum atomic E-state index is -0.0858. The van der Waals surface area contributed by atoms with Crippen molar-refractivity contribution in [1.29, 1.82) is 0 Å². The number of urea groups is 1. The Hall–Kier alpha value is -3.94. The van der Waals surface area contributed by atoms with Crippen molar-refractivity contribution in [3.05, 3.63) is 55.0 Å². The maximum Gasteiger partial charge on any atom is 0.321 e. The van der Waals surface area contributed by atoms with Crippen molar-refractivity contribution in [3.8, 4) is 28.3 Å². The lowest BCUT2D eigenvalue weighted by Crippen LogP contribution is -2.27. The van der Waals surface area contributed by atoms with Crippen molar-refractivity contribution < 1.29 is 9.53 Å². The maximum atomic E-state index is 12.1. The Labute approximate surface area is 173 Å². The molecule has 1 aromatic carbocycles. The predicted octanol–water partition coefficient (Wildman–Crippen LogP) is 3.24. The summed E-state index contributed by atoms with van der Waals surface area (Å²) in [6.45, 7) is 1.28. The Morgan fingerprint density at radius 2 is 2.00 bits per heavy atom. The number of pyridine rings is 2. The highest BCUT2D eigenvalue weighted by atomic mass is 16.5. The molecule has 0 bridgehead atoms. The molecule has 0 spiro atoms. The van der Waals surface area contributed by atoms with E-state index in [1.165, 1.54) is 0 Å². The van der Waals surface area contributed by atoms with Crippen LogP contribution < -0.4 is 15.0 Å². The third-order valence-corrected chi connectivity index (χ3v) is 5.22. The van der Waals surface area contributed by atoms with Crippen molar-refractivity contribution in [2.75, 3.05) is 25.1 Å². The van der Waals surface area contributed by atoms with Gasteiger partial charge in [-0.3, -0.25) is 9.58 Å². The number of fused-ring (bicyclic) bond motifs is 1. The van der Waals surface area contributed by atoms with Crippen LogP contribution in [0.2, 0.25) is 0 Å². The maximum absolute atomic E-state index is 12.1. The number of ether oxygens (including phenoxy) is 1. The minimum Gasteiger partial charge on any atom is -0.481 e. The summed E-state index contributed by atoms with van der Waals surface area (Å²) in [4.78, 5) is 23.1. The van der Waals surface area contributed by atoms with Crippen LogP contribution in [0, 0.1) is 0 Å². The standard InChI is InChI=1S/C22H20N6O2/c1-27-13-15(12-25-27)19-10-18(14-3-6-21(30-2)24-11-14)17-5-4-16(9-20(17)26-19)28-8-7-23-22(28)29/h3-6,9-13H,7-8H2,1-2H3,(H,23,29). The number of hydrogen-bond donors (Lipinski definition) is 1. The van der Waals surface area contributed by atoms with Crippen molar-refractivity contribution in [2.24, 2.45) is 7.05 Å². The molecule has 0 atom stereocenters. The highest BCUT2D eigenvalue weighted by Gasteiger charge is 2.22. The van der Waals surface area contributed by atoms with Gasteiger partial charge < -0.3 is 10.1 Å². The lowest BCUT2D eigenvalue weighted by atomic mass is 10.00. The third kappa shape index (κ3) is 3.12. The molecule has 1 aliphatic rings. The number of amides is 2. The number of carbonyl (C=O) groups is 1. The molecule has 5 rings (SSSR count). The fourth-order valence-electron chi connectivity index (χ4n) is 3.70. The summed E-state index contributed by atoms with van der Waals surface area (Å²) in [5, 5.41) is 8.10. The van der Waals surface area contributed by atoms with Gasteiger partial charge in [-0.2, -0.15) is 5.10 Å². The van der Waals surface area contributed by atoms with Crippen LogP contribution in [0.5, 0.6) is 5.88 Å². The quantitative estimate of drug-likeness (QED) is 0.568. The zero-order valence-corrected chi connectivity index (χ0v) is 16.7. The van der Waals surface area contributed by atoms with Gasteiger partial charge in [-0.25, -0.2) is 14.8 Å². The summed E-state index contributed by atoms with van der Waals surface area (Å²) < 4.78 is 6.94. The van der Waals surface area contributed by atoms with E-state index < -0.39 is 0 Å². The number of nitrogens with one attached hydrogen (secondary N) is 1. The number of nitrogens with zero attached hydrogens (tertiary/aromatic N) is 5. The lowest BCUT2D eigenvalue weighted by Gasteiger charge is -2.16. The molecule has 1 aliphatic heterocycles. The second-order valence-corrected chi connectivity index (χ2v) is 7.13. The molecule has 4 heterocycles. The van der Waals surface area contributed by atoms with E-state index in [-0.39, 0.29) is 6.03 Å². The molecule has 0 radical (unpaired) electrons. The fourth-order valence-corrected chi connectivity index (χ4v) is 3.70. The minimum absolute atomic E-state index is 0.0858. The summed E-state index contributed by atoms with van der Waals surface area (Å²) in [7, 11) is 3.48. The Kier molecular flexibility index (Phi) is 4.31. The number of hydrogen-bond acceptors (Lipinski definition) is 5. The predicted molar refractivity (Wildman–Crippen MR) is 114 cm³/mol. The number of anilines is 1. The van der Waals surface area contributed by atoms with Gasteiger partial charge in [-0.1, -0.05) is 6.07 Å². The van der Waals surface area contributed by atoms with E-state index in [4.69, 9.17) is 9.72 Å². The molecule has 30 heavy (non-hydrogen) atoms. The fraction of sp³-hybridized carbons (Fsp3) is 0.182. The summed E-state index contributed by atoms with van der Waals surface area (Å²) in [6.07, 6.45) is 5.52. The molecule has 2 amide bonds. The van der Waals surface area contributed by atoms with Crippen LogP contribution >= 0.6 is 0 Å². The van der Waals surface area contributed by atoms with Crippen LogP contribution in [0.1, 0.15) is 0 Å². The first-order chi connectivity index (χ1) is 14.6. The van der Waals surface area contributed by atoms with E-state index in [1.54, 1.807) is 29.1 Å². The van der Waals surface area contributed by atoms with E-state index in [1.807, 2.05) is 49.6 Å². The van der Waals surface area contributed by atoms with Gasteiger partial charge in [0.2, 0.25) is 5.88 Å². The van der Waals surface area contributed by atoms with Crippen LogP contribution in [0.3, 0.4) is 0 Å². The van der Waals surface area contributed by atoms with E-state index in [0.29, 0.717) is 19.0 Å². The second-order valence-electron chi connectivity index (χ2n) is 7.13. The zero-order valence-electron chi connectivity index (χ0n) is 16.7. The molecule has 0 saturated carbocycles. The average Bonchev–Trinajstić information content (AvgIpc) is 3.40. The Bertz CT molecular complexity index is 1250. The Morgan fingerprint density at radius 3 is 2.67 bits per heavy atom. The van der Waals surface area contributed by atoms with E-state index >= 15 is 0 Å². The van der Waals surface area contributed by atoms with Gasteiger partial charge >= 0.3 is 6.03 Å². The number of carbonyl (C=O) groups excluding carboxylic acids is 1. The molecule has 4 aromatic rings. The summed E-state index contributed by atoms with van der Waals surface area (Å²) in [6, 6.07) is 11.7. The van der Waals surface area contributed by atoms with Gasteiger partial charge in [0.05, 0.1) is 24.5 Å². The normalized spacial score (nSPS) is 13.7. The first-order valence-electron chi connectivity index (χ1n) is 9.62. The Morgan fingerprint density at radius 1 is 1.10 bits per heavy atom. The second kappa shape index (κ2) is 7.14. The zero-order chi connectivity index (χ0) is 20.7. The van der Waals surface area contributed by atoms with Crippen molar-refractivity contribution in [3.63, 3.8) is 0 Å². The molecule has 3 aromatic heterocycles. The van der Waals surface area contributed by atoms with Gasteiger partial charge in [0, 0.05) is 60.8 Å². The van der Waals surface area contributed by atoms with Crippen LogP contribution in [0.15, 0.2) is 55.0 Å². The molecular formula is C22H20N6O2. The average molecular weight is 400 g/mol. The molecule has 150 valence electrons. The van der Waals surface area contributed by atoms with Crippen molar-refractivity contribution in [1.82, 2.24) is 25.1 Å². The number of methoxy groups -OCH3 is 1. The highest BCUT2D eigenvalue weighted by molar-refractivity contribution is 6.01. The number of aromatic nitrogens is 4. The SMILES string of the molecule is COc1ccc(-c2cc(-c3cnn(C)c3)nc3cc(N4CCNC4=O)ccc23)cn1. The molecule has 1 N–H and O–H groups in total. The smallest absolute Gasteiger partial charge is 0.321 e. The van der Waals surface area contributed by atoms with E-state index in [9.17, 15) is 4.79 Å². The van der Waals surface area contributed by atoms with Crippen LogP contribution in [0.4, 0.5) is 10.5 Å². The molecule has 8 nitrogen and oxygen atoms in total. The number of benzene rings is 1. The molecule has 0 aliphatic carbocycles. The van der Waals surface area contributed by atoms with Crippen LogP contribution in [0.25, 0.3) is 33.3 Å². The molecular weight excluding hydrogens is 380 g/mol. The number of aryl methyl sites for hydroxylation is 1. The van der Waals surface area contributed by atoms with Gasteiger partial charge in [0.15, 0.2) is 0 Å². The lowest BCUT2D eigenvalue weighted by molar-refractivity contribution is 0.252. The van der Waals surface area contributed by atoms with Gasteiger partial charge in [-0.15, -0.1) is 0 Å². The van der Waals surface area contributed by atoms with Crippen LogP contribution in [-0.2, 0) is 7.05 Å². The van der Waals surface area contributed by atoms with Gasteiger partial charge in [0.1, 0.15) is 0 Å². The third-order valence-electron chi connectivity index (χ3n) is 5.22.